The topological polar surface area (TPSA) is 55.1 Å². The quantitative estimate of drug-likeness (QED) is 0.855. The molecule has 1 aliphatic carbocycles. The van der Waals surface area contributed by atoms with Crippen LogP contribution in [0.5, 0.6) is 0 Å². The summed E-state index contributed by atoms with van der Waals surface area (Å²) in [5.74, 6) is 0.529. The lowest BCUT2D eigenvalue weighted by Crippen LogP contribution is -2.33. The molecule has 0 saturated heterocycles. The summed E-state index contributed by atoms with van der Waals surface area (Å²) in [4.78, 5) is 11.0. The second-order valence-electron chi connectivity index (χ2n) is 5.58. The van der Waals surface area contributed by atoms with Crippen LogP contribution >= 0.6 is 0 Å². The molecule has 0 radical (unpaired) electrons. The third-order valence-electron chi connectivity index (χ3n) is 4.19. The Morgan fingerprint density at radius 1 is 1.32 bits per heavy atom. The molecule has 1 saturated carbocycles. The van der Waals surface area contributed by atoms with E-state index < -0.39 is 0 Å². The van der Waals surface area contributed by atoms with Gasteiger partial charge in [0.15, 0.2) is 0 Å². The van der Waals surface area contributed by atoms with Crippen molar-refractivity contribution in [3.8, 4) is 0 Å². The average molecular weight is 260 g/mol. The van der Waals surface area contributed by atoms with Crippen molar-refractivity contribution < 1.29 is 4.79 Å². The number of primary amides is 1. The van der Waals surface area contributed by atoms with E-state index in [-0.39, 0.29) is 5.91 Å². The number of carbonyl (C=O) groups excluding carboxylic acids is 1. The first kappa shape index (κ1) is 14.1. The van der Waals surface area contributed by atoms with Crippen molar-refractivity contribution in [3.63, 3.8) is 0 Å². The van der Waals surface area contributed by atoms with Crippen molar-refractivity contribution in [1.29, 1.82) is 0 Å². The number of amides is 1. The van der Waals surface area contributed by atoms with Crippen LogP contribution in [0.2, 0.25) is 0 Å². The minimum Gasteiger partial charge on any atom is -0.366 e. The Labute approximate surface area is 115 Å². The molecule has 1 aromatic rings. The van der Waals surface area contributed by atoms with Gasteiger partial charge in [0, 0.05) is 18.2 Å². The minimum absolute atomic E-state index is 0.363. The van der Waals surface area contributed by atoms with Crippen LogP contribution in [-0.4, -0.2) is 11.9 Å². The molecular weight excluding hydrogens is 236 g/mol. The molecule has 2 atom stereocenters. The predicted molar refractivity (Wildman–Crippen MR) is 77.8 cm³/mol. The Balaban J connectivity index is 1.83. The largest absolute Gasteiger partial charge is 0.366 e. The van der Waals surface area contributed by atoms with E-state index in [9.17, 15) is 4.79 Å². The Kier molecular flexibility index (Phi) is 4.97. The lowest BCUT2D eigenvalue weighted by atomic mass is 9.84. The summed E-state index contributed by atoms with van der Waals surface area (Å²) in [6, 6.07) is 8.21. The number of rotatable bonds is 5. The Bertz CT molecular complexity index is 413. The molecule has 2 unspecified atom stereocenters. The molecule has 104 valence electrons. The molecule has 3 nitrogen and oxygen atoms in total. The van der Waals surface area contributed by atoms with E-state index in [0.29, 0.717) is 11.6 Å². The van der Waals surface area contributed by atoms with Crippen molar-refractivity contribution in [2.45, 2.75) is 51.6 Å². The van der Waals surface area contributed by atoms with E-state index in [2.05, 4.69) is 12.2 Å². The zero-order valence-corrected chi connectivity index (χ0v) is 11.7. The molecule has 1 aliphatic rings. The molecule has 1 amide bonds. The molecular formula is C16H24N2O. The number of nitrogens with one attached hydrogen (secondary N) is 1. The van der Waals surface area contributed by atoms with Crippen LogP contribution in [0.25, 0.3) is 0 Å². The van der Waals surface area contributed by atoms with E-state index in [4.69, 9.17) is 5.73 Å². The third kappa shape index (κ3) is 4.06. The predicted octanol–water partition coefficient (Wildman–Crippen LogP) is 2.84. The highest BCUT2D eigenvalue weighted by molar-refractivity contribution is 5.92. The normalized spacial score (nSPS) is 23.2. The van der Waals surface area contributed by atoms with Gasteiger partial charge in [-0.15, -0.1) is 0 Å². The van der Waals surface area contributed by atoms with Crippen LogP contribution in [-0.2, 0) is 6.54 Å². The molecule has 3 heteroatoms. The van der Waals surface area contributed by atoms with Gasteiger partial charge in [-0.1, -0.05) is 38.3 Å². The van der Waals surface area contributed by atoms with Crippen molar-refractivity contribution in [2.75, 3.05) is 0 Å². The third-order valence-corrected chi connectivity index (χ3v) is 4.19. The second-order valence-corrected chi connectivity index (χ2v) is 5.58. The zero-order chi connectivity index (χ0) is 13.7. The monoisotopic (exact) mass is 260 g/mol. The smallest absolute Gasteiger partial charge is 0.248 e. The zero-order valence-electron chi connectivity index (χ0n) is 11.7. The fourth-order valence-electron chi connectivity index (χ4n) is 2.90. The van der Waals surface area contributed by atoms with E-state index in [0.717, 1.165) is 12.5 Å². The maximum atomic E-state index is 11.0. The van der Waals surface area contributed by atoms with Crippen molar-refractivity contribution in [2.24, 2.45) is 11.7 Å². The number of benzene rings is 1. The van der Waals surface area contributed by atoms with Gasteiger partial charge in [-0.25, -0.2) is 0 Å². The van der Waals surface area contributed by atoms with E-state index >= 15 is 0 Å². The van der Waals surface area contributed by atoms with Crippen LogP contribution in [0.1, 0.15) is 54.9 Å². The van der Waals surface area contributed by atoms with E-state index in [1.165, 1.54) is 37.7 Å². The van der Waals surface area contributed by atoms with Gasteiger partial charge in [-0.3, -0.25) is 4.79 Å². The van der Waals surface area contributed by atoms with E-state index in [1.807, 2.05) is 12.1 Å². The summed E-state index contributed by atoms with van der Waals surface area (Å²) in [6.45, 7) is 3.16. The van der Waals surface area contributed by atoms with Crippen molar-refractivity contribution in [1.82, 2.24) is 5.32 Å². The maximum absolute atomic E-state index is 11.0. The first-order valence-corrected chi connectivity index (χ1v) is 7.31. The molecule has 2 rings (SSSR count). The van der Waals surface area contributed by atoms with Gasteiger partial charge in [-0.05, 0) is 36.5 Å². The number of nitrogens with two attached hydrogens (primary N) is 1. The molecule has 0 heterocycles. The minimum atomic E-state index is -0.363. The molecule has 0 aliphatic heterocycles. The van der Waals surface area contributed by atoms with Gasteiger partial charge in [-0.2, -0.15) is 0 Å². The van der Waals surface area contributed by atoms with Gasteiger partial charge >= 0.3 is 0 Å². The number of carbonyl (C=O) groups is 1. The SMILES string of the molecule is CCC1CCCC(NCc2ccc(C(N)=O)cc2)C1. The Hall–Kier alpha value is -1.35. The van der Waals surface area contributed by atoms with Gasteiger partial charge in [0.2, 0.25) is 5.91 Å². The highest BCUT2D eigenvalue weighted by atomic mass is 16.1. The van der Waals surface area contributed by atoms with Gasteiger partial charge in [0.1, 0.15) is 0 Å². The molecule has 0 bridgehead atoms. The van der Waals surface area contributed by atoms with Crippen molar-refractivity contribution in [3.05, 3.63) is 35.4 Å². The standard InChI is InChI=1S/C16H24N2O/c1-2-12-4-3-5-15(10-12)18-11-13-6-8-14(9-7-13)16(17)19/h6-9,12,15,18H,2-5,10-11H2,1H3,(H2,17,19). The van der Waals surface area contributed by atoms with Gasteiger partial charge in [0.05, 0.1) is 0 Å². The summed E-state index contributed by atoms with van der Waals surface area (Å²) in [5.41, 5.74) is 7.02. The van der Waals surface area contributed by atoms with Crippen LogP contribution in [0.15, 0.2) is 24.3 Å². The summed E-state index contributed by atoms with van der Waals surface area (Å²) < 4.78 is 0. The fourth-order valence-corrected chi connectivity index (χ4v) is 2.90. The summed E-state index contributed by atoms with van der Waals surface area (Å²) >= 11 is 0. The Morgan fingerprint density at radius 2 is 2.05 bits per heavy atom. The molecule has 0 spiro atoms. The average Bonchev–Trinajstić information content (AvgIpc) is 2.46. The lowest BCUT2D eigenvalue weighted by Gasteiger charge is -2.29. The lowest BCUT2D eigenvalue weighted by molar-refractivity contribution is 0.100. The van der Waals surface area contributed by atoms with Crippen molar-refractivity contribution >= 4 is 5.91 Å². The molecule has 1 aromatic carbocycles. The number of hydrogen-bond acceptors (Lipinski definition) is 2. The van der Waals surface area contributed by atoms with Crippen LogP contribution in [0.4, 0.5) is 0 Å². The summed E-state index contributed by atoms with van der Waals surface area (Å²) in [7, 11) is 0. The van der Waals surface area contributed by atoms with Crippen LogP contribution in [0.3, 0.4) is 0 Å². The molecule has 19 heavy (non-hydrogen) atoms. The highest BCUT2D eigenvalue weighted by Gasteiger charge is 2.19. The van der Waals surface area contributed by atoms with Crippen LogP contribution < -0.4 is 11.1 Å². The maximum Gasteiger partial charge on any atom is 0.248 e. The Morgan fingerprint density at radius 3 is 2.68 bits per heavy atom. The van der Waals surface area contributed by atoms with Gasteiger partial charge < -0.3 is 11.1 Å². The fraction of sp³-hybridized carbons (Fsp3) is 0.562. The first-order valence-electron chi connectivity index (χ1n) is 7.31. The highest BCUT2D eigenvalue weighted by Crippen LogP contribution is 2.26. The molecule has 3 N–H and O–H groups in total. The molecule has 1 fully saturated rings. The molecule has 0 aromatic heterocycles. The van der Waals surface area contributed by atoms with Gasteiger partial charge in [0.25, 0.3) is 0 Å². The van der Waals surface area contributed by atoms with Crippen LogP contribution in [0, 0.1) is 5.92 Å². The summed E-state index contributed by atoms with van der Waals surface area (Å²) in [6.07, 6.45) is 6.62. The number of hydrogen-bond donors (Lipinski definition) is 2. The van der Waals surface area contributed by atoms with E-state index in [1.54, 1.807) is 12.1 Å². The first-order chi connectivity index (χ1) is 9.19. The second kappa shape index (κ2) is 6.71. The summed E-state index contributed by atoms with van der Waals surface area (Å²) in [5, 5.41) is 3.63.